The third kappa shape index (κ3) is 4.61. The molecule has 0 bridgehead atoms. The van der Waals surface area contributed by atoms with Crippen molar-refractivity contribution in [1.82, 2.24) is 10.2 Å². The summed E-state index contributed by atoms with van der Waals surface area (Å²) in [6.45, 7) is 2.23. The van der Waals surface area contributed by atoms with Gasteiger partial charge in [-0.05, 0) is 31.4 Å². The Morgan fingerprint density at radius 3 is 2.50 bits per heavy atom. The Kier molecular flexibility index (Phi) is 7.04. The fraction of sp³-hybridized carbons (Fsp3) is 0.467. The van der Waals surface area contributed by atoms with Crippen molar-refractivity contribution in [1.29, 1.82) is 5.41 Å². The standard InChI is InChI=1S/C15H22N4O3S.ClH/c1-11(20)19-10-9-12(19)7-8-14(18-15(16)17)23(21,22)13-5-3-2-4-6-13;/h2-6,12,14H,7-10H2,1H3,(H4,16,17,18);1H. The van der Waals surface area contributed by atoms with E-state index in [9.17, 15) is 13.2 Å². The van der Waals surface area contributed by atoms with Crippen molar-refractivity contribution in [2.45, 2.75) is 42.5 Å². The topological polar surface area (TPSA) is 116 Å². The molecule has 0 radical (unpaired) electrons. The lowest BCUT2D eigenvalue weighted by Crippen LogP contribution is -2.51. The Bertz CT molecular complexity index is 681. The molecule has 2 unspecified atom stereocenters. The molecule has 4 N–H and O–H groups in total. The molecule has 24 heavy (non-hydrogen) atoms. The summed E-state index contributed by atoms with van der Waals surface area (Å²) in [6.07, 6.45) is 1.71. The lowest BCUT2D eigenvalue weighted by Gasteiger charge is -2.41. The molecular formula is C15H23ClN4O3S. The molecule has 0 aromatic heterocycles. The summed E-state index contributed by atoms with van der Waals surface area (Å²) < 4.78 is 25.4. The molecule has 0 spiro atoms. The van der Waals surface area contributed by atoms with Gasteiger partial charge in [0.05, 0.1) is 4.90 Å². The van der Waals surface area contributed by atoms with E-state index in [4.69, 9.17) is 11.1 Å². The van der Waals surface area contributed by atoms with E-state index in [1.807, 2.05) is 0 Å². The number of guanidine groups is 1. The number of carbonyl (C=O) groups excluding carboxylic acids is 1. The largest absolute Gasteiger partial charge is 0.370 e. The second-order valence-corrected chi connectivity index (χ2v) is 7.77. The number of hydrogen-bond acceptors (Lipinski definition) is 4. The van der Waals surface area contributed by atoms with Gasteiger partial charge in [-0.15, -0.1) is 12.4 Å². The highest BCUT2D eigenvalue weighted by Crippen LogP contribution is 2.25. The fourth-order valence-corrected chi connectivity index (χ4v) is 4.35. The highest BCUT2D eigenvalue weighted by molar-refractivity contribution is 7.92. The highest BCUT2D eigenvalue weighted by Gasteiger charge is 2.33. The first-order valence-corrected chi connectivity index (χ1v) is 9.03. The third-order valence-electron chi connectivity index (χ3n) is 4.07. The Morgan fingerprint density at radius 1 is 1.42 bits per heavy atom. The molecule has 2 atom stereocenters. The lowest BCUT2D eigenvalue weighted by molar-refractivity contribution is -0.136. The van der Waals surface area contributed by atoms with Gasteiger partial charge < -0.3 is 16.0 Å². The average molecular weight is 375 g/mol. The summed E-state index contributed by atoms with van der Waals surface area (Å²) in [5, 5.41) is 8.92. The summed E-state index contributed by atoms with van der Waals surface area (Å²) >= 11 is 0. The van der Waals surface area contributed by atoms with E-state index in [-0.39, 0.29) is 41.6 Å². The summed E-state index contributed by atoms with van der Waals surface area (Å²) in [7, 11) is -3.65. The molecule has 7 nitrogen and oxygen atoms in total. The number of rotatable bonds is 6. The molecule has 1 aromatic carbocycles. The SMILES string of the molecule is CC(=O)N1CCC1CCC(NC(=N)N)S(=O)(=O)c1ccccc1.Cl. The van der Waals surface area contributed by atoms with Gasteiger partial charge in [-0.3, -0.25) is 10.2 Å². The number of amides is 1. The van der Waals surface area contributed by atoms with Crippen LogP contribution in [-0.2, 0) is 14.6 Å². The van der Waals surface area contributed by atoms with Crippen LogP contribution in [0.5, 0.6) is 0 Å². The van der Waals surface area contributed by atoms with Crippen LogP contribution in [0.4, 0.5) is 0 Å². The van der Waals surface area contributed by atoms with Crippen LogP contribution in [0.15, 0.2) is 35.2 Å². The molecule has 1 amide bonds. The van der Waals surface area contributed by atoms with Crippen molar-refractivity contribution in [3.63, 3.8) is 0 Å². The first-order chi connectivity index (χ1) is 10.8. The summed E-state index contributed by atoms with van der Waals surface area (Å²) in [4.78, 5) is 13.3. The van der Waals surface area contributed by atoms with Crippen LogP contribution in [0, 0.1) is 5.41 Å². The monoisotopic (exact) mass is 374 g/mol. The first-order valence-electron chi connectivity index (χ1n) is 7.49. The molecule has 1 heterocycles. The average Bonchev–Trinajstić information content (AvgIpc) is 2.45. The predicted octanol–water partition coefficient (Wildman–Crippen LogP) is 1.09. The van der Waals surface area contributed by atoms with Gasteiger partial charge in [0.15, 0.2) is 15.8 Å². The zero-order valence-corrected chi connectivity index (χ0v) is 15.1. The van der Waals surface area contributed by atoms with Crippen molar-refractivity contribution in [2.24, 2.45) is 5.73 Å². The summed E-state index contributed by atoms with van der Waals surface area (Å²) in [5.74, 6) is -0.380. The number of hydrogen-bond donors (Lipinski definition) is 3. The number of nitrogens with two attached hydrogens (primary N) is 1. The Balaban J connectivity index is 0.00000288. The van der Waals surface area contributed by atoms with Gasteiger partial charge >= 0.3 is 0 Å². The zero-order chi connectivity index (χ0) is 17.0. The van der Waals surface area contributed by atoms with Gasteiger partial charge in [-0.1, -0.05) is 18.2 Å². The van der Waals surface area contributed by atoms with Gasteiger partial charge in [-0.25, -0.2) is 8.42 Å². The lowest BCUT2D eigenvalue weighted by atomic mass is 9.98. The number of nitrogens with zero attached hydrogens (tertiary/aromatic N) is 1. The van der Waals surface area contributed by atoms with E-state index in [0.717, 1.165) is 13.0 Å². The second kappa shape index (κ2) is 8.34. The molecule has 9 heteroatoms. The second-order valence-electron chi connectivity index (χ2n) is 5.64. The van der Waals surface area contributed by atoms with Gasteiger partial charge in [-0.2, -0.15) is 0 Å². The Morgan fingerprint density at radius 2 is 2.04 bits per heavy atom. The van der Waals surface area contributed by atoms with Crippen LogP contribution in [0.3, 0.4) is 0 Å². The quantitative estimate of drug-likeness (QED) is 0.509. The summed E-state index contributed by atoms with van der Waals surface area (Å²) in [5.41, 5.74) is 5.34. The number of nitrogens with one attached hydrogen (secondary N) is 2. The van der Waals surface area contributed by atoms with Crippen molar-refractivity contribution in [2.75, 3.05) is 6.54 Å². The van der Waals surface area contributed by atoms with Crippen LogP contribution >= 0.6 is 12.4 Å². The van der Waals surface area contributed by atoms with Crippen LogP contribution in [0.2, 0.25) is 0 Å². The first kappa shape index (κ1) is 20.2. The molecular weight excluding hydrogens is 352 g/mol. The maximum absolute atomic E-state index is 12.7. The minimum Gasteiger partial charge on any atom is -0.370 e. The normalized spacial score (nSPS) is 18.0. The van der Waals surface area contributed by atoms with Crippen molar-refractivity contribution in [3.8, 4) is 0 Å². The summed E-state index contributed by atoms with van der Waals surface area (Å²) in [6, 6.07) is 8.16. The minimum atomic E-state index is -3.65. The van der Waals surface area contributed by atoms with Gasteiger partial charge in [0.25, 0.3) is 0 Å². The van der Waals surface area contributed by atoms with E-state index in [2.05, 4.69) is 5.32 Å². The molecule has 1 fully saturated rings. The highest BCUT2D eigenvalue weighted by atomic mass is 35.5. The fourth-order valence-electron chi connectivity index (χ4n) is 2.75. The minimum absolute atomic E-state index is 0. The number of sulfone groups is 1. The number of likely N-dealkylation sites (tertiary alicyclic amines) is 1. The predicted molar refractivity (Wildman–Crippen MR) is 94.7 cm³/mol. The van der Waals surface area contributed by atoms with Gasteiger partial charge in [0.1, 0.15) is 5.37 Å². The van der Waals surface area contributed by atoms with E-state index >= 15 is 0 Å². The van der Waals surface area contributed by atoms with Crippen LogP contribution < -0.4 is 11.1 Å². The molecule has 1 saturated heterocycles. The number of halogens is 1. The van der Waals surface area contributed by atoms with Crippen molar-refractivity contribution >= 4 is 34.1 Å². The van der Waals surface area contributed by atoms with Crippen LogP contribution in [0.25, 0.3) is 0 Å². The molecule has 0 saturated carbocycles. The molecule has 1 aliphatic heterocycles. The zero-order valence-electron chi connectivity index (χ0n) is 13.4. The van der Waals surface area contributed by atoms with Crippen molar-refractivity contribution in [3.05, 3.63) is 30.3 Å². The van der Waals surface area contributed by atoms with E-state index < -0.39 is 15.2 Å². The Hall–Kier alpha value is -1.80. The molecule has 1 aliphatic rings. The molecule has 134 valence electrons. The van der Waals surface area contributed by atoms with Crippen LogP contribution in [0.1, 0.15) is 26.2 Å². The Labute approximate surface area is 148 Å². The van der Waals surface area contributed by atoms with E-state index in [0.29, 0.717) is 6.42 Å². The van der Waals surface area contributed by atoms with Gasteiger partial charge in [0, 0.05) is 19.5 Å². The number of carbonyl (C=O) groups is 1. The maximum Gasteiger partial charge on any atom is 0.219 e. The van der Waals surface area contributed by atoms with Crippen molar-refractivity contribution < 1.29 is 13.2 Å². The van der Waals surface area contributed by atoms with E-state index in [1.165, 1.54) is 19.1 Å². The molecule has 1 aromatic rings. The molecule has 2 rings (SSSR count). The van der Waals surface area contributed by atoms with E-state index in [1.54, 1.807) is 23.1 Å². The molecule has 0 aliphatic carbocycles. The van der Waals surface area contributed by atoms with Gasteiger partial charge in [0.2, 0.25) is 5.91 Å². The smallest absolute Gasteiger partial charge is 0.219 e. The maximum atomic E-state index is 12.7. The van der Waals surface area contributed by atoms with Crippen LogP contribution in [-0.4, -0.2) is 43.1 Å². The third-order valence-corrected chi connectivity index (χ3v) is 6.11. The number of benzene rings is 1.